The molecule has 0 atom stereocenters. The van der Waals surface area contributed by atoms with E-state index in [0.717, 1.165) is 6.42 Å². The number of nitrogens with one attached hydrogen (secondary N) is 1. The summed E-state index contributed by atoms with van der Waals surface area (Å²) in [6, 6.07) is -0.172. The summed E-state index contributed by atoms with van der Waals surface area (Å²) in [5.41, 5.74) is 0. The molecule has 0 saturated carbocycles. The van der Waals surface area contributed by atoms with Gasteiger partial charge < -0.3 is 14.8 Å². The lowest BCUT2D eigenvalue weighted by Crippen LogP contribution is -2.29. The van der Waals surface area contributed by atoms with Crippen LogP contribution >= 0.6 is 0 Å². The molecule has 0 radical (unpaired) electrons. The lowest BCUT2D eigenvalue weighted by atomic mass is 10.4. The molecular formula is C10H17N3O3. The fourth-order valence-corrected chi connectivity index (χ4v) is 1.08. The van der Waals surface area contributed by atoms with E-state index in [2.05, 4.69) is 10.3 Å². The third-order valence-corrected chi connectivity index (χ3v) is 1.91. The molecule has 0 aromatic carbocycles. The van der Waals surface area contributed by atoms with Gasteiger partial charge in [0, 0.05) is 32.7 Å². The van der Waals surface area contributed by atoms with Crippen molar-refractivity contribution in [2.75, 3.05) is 33.5 Å². The van der Waals surface area contributed by atoms with Crippen LogP contribution in [0, 0.1) is 0 Å². The quantitative estimate of drug-likeness (QED) is 0.689. The minimum atomic E-state index is -0.172. The first-order valence-electron chi connectivity index (χ1n) is 5.17. The van der Waals surface area contributed by atoms with Gasteiger partial charge in [-0.1, -0.05) is 0 Å². The fourth-order valence-electron chi connectivity index (χ4n) is 1.08. The summed E-state index contributed by atoms with van der Waals surface area (Å²) in [7, 11) is 1.63. The lowest BCUT2D eigenvalue weighted by molar-refractivity contribution is 0.0697. The fraction of sp³-hybridized carbons (Fsp3) is 0.600. The molecule has 6 heteroatoms. The van der Waals surface area contributed by atoms with Gasteiger partial charge >= 0.3 is 6.03 Å². The molecule has 16 heavy (non-hydrogen) atoms. The zero-order valence-corrected chi connectivity index (χ0v) is 9.39. The van der Waals surface area contributed by atoms with E-state index in [9.17, 15) is 4.79 Å². The van der Waals surface area contributed by atoms with Crippen molar-refractivity contribution in [1.82, 2.24) is 14.9 Å². The highest BCUT2D eigenvalue weighted by atomic mass is 16.5. The first kappa shape index (κ1) is 12.7. The SMILES string of the molecule is COCCOCCCNC(=O)n1ccnc1. The van der Waals surface area contributed by atoms with Crippen molar-refractivity contribution in [3.05, 3.63) is 18.7 Å². The van der Waals surface area contributed by atoms with Crippen molar-refractivity contribution in [2.24, 2.45) is 0 Å². The first-order chi connectivity index (χ1) is 7.84. The van der Waals surface area contributed by atoms with E-state index in [1.807, 2.05) is 0 Å². The third kappa shape index (κ3) is 4.90. The molecule has 1 amide bonds. The number of ether oxygens (including phenoxy) is 2. The van der Waals surface area contributed by atoms with Gasteiger partial charge in [-0.25, -0.2) is 9.78 Å². The Morgan fingerprint density at radius 1 is 1.44 bits per heavy atom. The van der Waals surface area contributed by atoms with Crippen LogP contribution in [-0.4, -0.2) is 49.1 Å². The highest BCUT2D eigenvalue weighted by Gasteiger charge is 2.00. The summed E-state index contributed by atoms with van der Waals surface area (Å²) in [6.07, 6.45) is 5.41. The predicted octanol–water partition coefficient (Wildman–Crippen LogP) is 0.494. The van der Waals surface area contributed by atoms with Crippen LogP contribution in [-0.2, 0) is 9.47 Å². The van der Waals surface area contributed by atoms with Gasteiger partial charge in [-0.2, -0.15) is 0 Å². The molecule has 0 bridgehead atoms. The highest BCUT2D eigenvalue weighted by molar-refractivity contribution is 5.76. The number of carbonyl (C=O) groups is 1. The van der Waals surface area contributed by atoms with E-state index in [1.54, 1.807) is 19.5 Å². The Morgan fingerprint density at radius 2 is 2.31 bits per heavy atom. The topological polar surface area (TPSA) is 65.4 Å². The molecule has 1 heterocycles. The van der Waals surface area contributed by atoms with Crippen molar-refractivity contribution in [3.8, 4) is 0 Å². The normalized spacial score (nSPS) is 10.3. The van der Waals surface area contributed by atoms with Crippen molar-refractivity contribution in [2.45, 2.75) is 6.42 Å². The number of amides is 1. The summed E-state index contributed by atoms with van der Waals surface area (Å²) >= 11 is 0. The number of rotatable bonds is 7. The molecule has 1 N–H and O–H groups in total. The Hall–Kier alpha value is -1.40. The van der Waals surface area contributed by atoms with Crippen LogP contribution in [0.15, 0.2) is 18.7 Å². The van der Waals surface area contributed by atoms with Gasteiger partial charge in [-0.3, -0.25) is 4.57 Å². The maximum Gasteiger partial charge on any atom is 0.326 e. The van der Waals surface area contributed by atoms with E-state index in [-0.39, 0.29) is 6.03 Å². The van der Waals surface area contributed by atoms with Crippen LogP contribution in [0.25, 0.3) is 0 Å². The van der Waals surface area contributed by atoms with Crippen LogP contribution in [0.1, 0.15) is 6.42 Å². The molecule has 0 aliphatic heterocycles. The first-order valence-corrected chi connectivity index (χ1v) is 5.17. The van der Waals surface area contributed by atoms with E-state index < -0.39 is 0 Å². The number of hydrogen-bond acceptors (Lipinski definition) is 4. The van der Waals surface area contributed by atoms with Crippen molar-refractivity contribution < 1.29 is 14.3 Å². The van der Waals surface area contributed by atoms with Gasteiger partial charge in [0.1, 0.15) is 6.33 Å². The maximum atomic E-state index is 11.4. The Morgan fingerprint density at radius 3 is 3.00 bits per heavy atom. The third-order valence-electron chi connectivity index (χ3n) is 1.91. The molecule has 90 valence electrons. The molecule has 0 unspecified atom stereocenters. The van der Waals surface area contributed by atoms with E-state index in [0.29, 0.717) is 26.4 Å². The number of aromatic nitrogens is 2. The largest absolute Gasteiger partial charge is 0.382 e. The minimum absolute atomic E-state index is 0.172. The lowest BCUT2D eigenvalue weighted by Gasteiger charge is -2.05. The molecule has 1 rings (SSSR count). The molecule has 0 spiro atoms. The molecule has 0 aliphatic rings. The Bertz CT molecular complexity index is 288. The smallest absolute Gasteiger partial charge is 0.326 e. The molecule has 0 saturated heterocycles. The van der Waals surface area contributed by atoms with Gasteiger partial charge in [0.2, 0.25) is 0 Å². The molecule has 0 aliphatic carbocycles. The van der Waals surface area contributed by atoms with Gasteiger partial charge in [0.25, 0.3) is 0 Å². The van der Waals surface area contributed by atoms with Crippen molar-refractivity contribution in [3.63, 3.8) is 0 Å². The number of methoxy groups -OCH3 is 1. The average Bonchev–Trinajstić information content (AvgIpc) is 2.81. The Labute approximate surface area is 94.6 Å². The molecular weight excluding hydrogens is 210 g/mol. The second-order valence-electron chi connectivity index (χ2n) is 3.16. The second kappa shape index (κ2) is 7.84. The van der Waals surface area contributed by atoms with Crippen LogP contribution in [0.2, 0.25) is 0 Å². The van der Waals surface area contributed by atoms with E-state index in [1.165, 1.54) is 10.9 Å². The number of nitrogens with zero attached hydrogens (tertiary/aromatic N) is 2. The van der Waals surface area contributed by atoms with Gasteiger partial charge in [0.05, 0.1) is 13.2 Å². The summed E-state index contributed by atoms with van der Waals surface area (Å²) in [5.74, 6) is 0. The summed E-state index contributed by atoms with van der Waals surface area (Å²) in [5, 5.41) is 2.75. The number of carbonyl (C=O) groups excluding carboxylic acids is 1. The van der Waals surface area contributed by atoms with Gasteiger partial charge in [-0.05, 0) is 6.42 Å². The van der Waals surface area contributed by atoms with Crippen LogP contribution in [0.3, 0.4) is 0 Å². The average molecular weight is 227 g/mol. The monoisotopic (exact) mass is 227 g/mol. The Kier molecular flexibility index (Phi) is 6.20. The molecule has 1 aromatic rings. The van der Waals surface area contributed by atoms with Crippen molar-refractivity contribution >= 4 is 6.03 Å². The molecule has 0 fully saturated rings. The van der Waals surface area contributed by atoms with Crippen LogP contribution in [0.5, 0.6) is 0 Å². The standard InChI is InChI=1S/C10H17N3O3/c1-15-7-8-16-6-2-3-12-10(14)13-5-4-11-9-13/h4-5,9H,2-3,6-8H2,1H3,(H,12,14). The van der Waals surface area contributed by atoms with Gasteiger partial charge in [0.15, 0.2) is 0 Å². The summed E-state index contributed by atoms with van der Waals surface area (Å²) in [6.45, 7) is 2.39. The maximum absolute atomic E-state index is 11.4. The van der Waals surface area contributed by atoms with Gasteiger partial charge in [-0.15, -0.1) is 0 Å². The summed E-state index contributed by atoms with van der Waals surface area (Å²) in [4.78, 5) is 15.2. The molecule has 6 nitrogen and oxygen atoms in total. The van der Waals surface area contributed by atoms with E-state index >= 15 is 0 Å². The highest BCUT2D eigenvalue weighted by Crippen LogP contribution is 1.86. The second-order valence-corrected chi connectivity index (χ2v) is 3.16. The summed E-state index contributed by atoms with van der Waals surface area (Å²) < 4.78 is 11.5. The minimum Gasteiger partial charge on any atom is -0.382 e. The molecule has 1 aromatic heterocycles. The van der Waals surface area contributed by atoms with Crippen LogP contribution < -0.4 is 5.32 Å². The number of hydrogen-bond donors (Lipinski definition) is 1. The Balaban J connectivity index is 1.97. The zero-order valence-electron chi connectivity index (χ0n) is 9.39. The number of imidazole rings is 1. The van der Waals surface area contributed by atoms with Crippen molar-refractivity contribution in [1.29, 1.82) is 0 Å². The van der Waals surface area contributed by atoms with Crippen LogP contribution in [0.4, 0.5) is 4.79 Å². The van der Waals surface area contributed by atoms with E-state index in [4.69, 9.17) is 9.47 Å². The predicted molar refractivity (Wildman–Crippen MR) is 58.3 cm³/mol. The zero-order chi connectivity index (χ0) is 11.6.